The quantitative estimate of drug-likeness (QED) is 0.837. The van der Waals surface area contributed by atoms with Gasteiger partial charge in [0, 0.05) is 6.20 Å². The lowest BCUT2D eigenvalue weighted by molar-refractivity contribution is -0.0589. The summed E-state index contributed by atoms with van der Waals surface area (Å²) in [6, 6.07) is 3.33. The van der Waals surface area contributed by atoms with Gasteiger partial charge in [0.15, 0.2) is 5.82 Å². The summed E-state index contributed by atoms with van der Waals surface area (Å²) in [4.78, 5) is 24.9. The molecule has 7 heteroatoms. The van der Waals surface area contributed by atoms with Gasteiger partial charge in [0.05, 0.1) is 11.2 Å². The number of carbonyl (C=O) groups excluding carboxylic acids is 1. The molecule has 0 aliphatic carbocycles. The molecule has 0 atom stereocenters. The highest BCUT2D eigenvalue weighted by atomic mass is 16.7. The molecular formula is C12H15N5O2. The Kier molecular flexibility index (Phi) is 3.57. The molecule has 0 unspecified atom stereocenters. The third-order valence-corrected chi connectivity index (χ3v) is 2.11. The number of hydrogen-bond donors (Lipinski definition) is 1. The minimum Gasteiger partial charge on any atom is -0.268 e. The van der Waals surface area contributed by atoms with Crippen molar-refractivity contribution in [2.75, 3.05) is 0 Å². The van der Waals surface area contributed by atoms with Crippen molar-refractivity contribution in [2.24, 2.45) is 0 Å². The van der Waals surface area contributed by atoms with Gasteiger partial charge in [-0.05, 0) is 32.9 Å². The van der Waals surface area contributed by atoms with Crippen molar-refractivity contribution in [3.8, 4) is 5.82 Å². The summed E-state index contributed by atoms with van der Waals surface area (Å²) in [5.74, 6) is 0.248. The van der Waals surface area contributed by atoms with Gasteiger partial charge in [0.2, 0.25) is 0 Å². The molecule has 100 valence electrons. The Bertz CT molecular complexity index is 542. The van der Waals surface area contributed by atoms with Crippen LogP contribution in [0, 0.1) is 0 Å². The fraction of sp³-hybridized carbons (Fsp3) is 0.333. The van der Waals surface area contributed by atoms with Crippen molar-refractivity contribution in [3.63, 3.8) is 0 Å². The zero-order chi connectivity index (χ0) is 13.9. The van der Waals surface area contributed by atoms with Crippen molar-refractivity contribution >= 4 is 5.91 Å². The van der Waals surface area contributed by atoms with Crippen LogP contribution < -0.4 is 5.48 Å². The number of pyridine rings is 1. The maximum atomic E-state index is 11.8. The maximum absolute atomic E-state index is 11.8. The van der Waals surface area contributed by atoms with Crippen molar-refractivity contribution in [1.29, 1.82) is 0 Å². The molecule has 0 saturated heterocycles. The molecule has 2 heterocycles. The van der Waals surface area contributed by atoms with Crippen LogP contribution in [0.2, 0.25) is 0 Å². The number of carbonyl (C=O) groups is 1. The molecule has 2 rings (SSSR count). The van der Waals surface area contributed by atoms with Gasteiger partial charge in [0.1, 0.15) is 12.7 Å². The van der Waals surface area contributed by atoms with Crippen LogP contribution in [-0.4, -0.2) is 31.3 Å². The summed E-state index contributed by atoms with van der Waals surface area (Å²) in [5, 5.41) is 3.95. The number of amides is 1. The van der Waals surface area contributed by atoms with Crippen LogP contribution in [0.25, 0.3) is 5.82 Å². The average molecular weight is 261 g/mol. The van der Waals surface area contributed by atoms with Gasteiger partial charge in [-0.25, -0.2) is 20.1 Å². The minimum absolute atomic E-state index is 0.340. The van der Waals surface area contributed by atoms with E-state index in [4.69, 9.17) is 4.84 Å². The number of nitrogens with zero attached hydrogens (tertiary/aromatic N) is 4. The van der Waals surface area contributed by atoms with E-state index in [-0.39, 0.29) is 5.91 Å². The lowest BCUT2D eigenvalue weighted by Crippen LogP contribution is -2.33. The van der Waals surface area contributed by atoms with Gasteiger partial charge < -0.3 is 0 Å². The SMILES string of the molecule is CC(C)(C)ONC(=O)c1ccc(-n2cncn2)nc1. The molecular weight excluding hydrogens is 246 g/mol. The Hall–Kier alpha value is -2.28. The molecule has 0 saturated carbocycles. The van der Waals surface area contributed by atoms with Gasteiger partial charge in [-0.1, -0.05) is 0 Å². The van der Waals surface area contributed by atoms with Crippen LogP contribution in [0.5, 0.6) is 0 Å². The summed E-state index contributed by atoms with van der Waals surface area (Å²) >= 11 is 0. The Balaban J connectivity index is 2.04. The van der Waals surface area contributed by atoms with Crippen molar-refractivity contribution in [3.05, 3.63) is 36.5 Å². The third-order valence-electron chi connectivity index (χ3n) is 2.11. The normalized spacial score (nSPS) is 11.3. The minimum atomic E-state index is -0.441. The molecule has 0 aliphatic rings. The number of hydrogen-bond acceptors (Lipinski definition) is 5. The molecule has 0 spiro atoms. The van der Waals surface area contributed by atoms with Crippen LogP contribution >= 0.6 is 0 Å². The van der Waals surface area contributed by atoms with Gasteiger partial charge in [-0.2, -0.15) is 5.10 Å². The van der Waals surface area contributed by atoms with Crippen LogP contribution in [0.15, 0.2) is 31.0 Å². The Morgan fingerprint density at radius 1 is 1.37 bits per heavy atom. The third kappa shape index (κ3) is 3.59. The summed E-state index contributed by atoms with van der Waals surface area (Å²) in [6.07, 6.45) is 4.41. The number of hydroxylamine groups is 1. The molecule has 7 nitrogen and oxygen atoms in total. The largest absolute Gasteiger partial charge is 0.276 e. The van der Waals surface area contributed by atoms with Crippen LogP contribution in [0.1, 0.15) is 31.1 Å². The van der Waals surface area contributed by atoms with E-state index in [1.54, 1.807) is 12.1 Å². The maximum Gasteiger partial charge on any atom is 0.276 e. The summed E-state index contributed by atoms with van der Waals surface area (Å²) in [5.41, 5.74) is 2.35. The van der Waals surface area contributed by atoms with Crippen molar-refractivity contribution < 1.29 is 9.63 Å². The Labute approximate surface area is 110 Å². The summed E-state index contributed by atoms with van der Waals surface area (Å²) < 4.78 is 1.51. The van der Waals surface area contributed by atoms with E-state index in [9.17, 15) is 4.79 Å². The Morgan fingerprint density at radius 3 is 2.68 bits per heavy atom. The number of rotatable bonds is 3. The van der Waals surface area contributed by atoms with E-state index in [0.717, 1.165) is 0 Å². The number of nitrogens with one attached hydrogen (secondary N) is 1. The fourth-order valence-corrected chi connectivity index (χ4v) is 1.24. The first kappa shape index (κ1) is 13.2. The first-order valence-corrected chi connectivity index (χ1v) is 5.75. The van der Waals surface area contributed by atoms with Gasteiger partial charge in [0.25, 0.3) is 5.91 Å². The summed E-state index contributed by atoms with van der Waals surface area (Å²) in [7, 11) is 0. The summed E-state index contributed by atoms with van der Waals surface area (Å²) in [6.45, 7) is 5.54. The molecule has 0 aromatic carbocycles. The highest BCUT2D eigenvalue weighted by Gasteiger charge is 2.14. The van der Waals surface area contributed by atoms with Gasteiger partial charge >= 0.3 is 0 Å². The molecule has 2 aromatic heterocycles. The predicted molar refractivity (Wildman–Crippen MR) is 67.5 cm³/mol. The zero-order valence-electron chi connectivity index (χ0n) is 11.0. The monoisotopic (exact) mass is 261 g/mol. The lowest BCUT2D eigenvalue weighted by Gasteiger charge is -2.18. The van der Waals surface area contributed by atoms with Crippen LogP contribution in [-0.2, 0) is 4.84 Å². The molecule has 19 heavy (non-hydrogen) atoms. The van der Waals surface area contributed by atoms with E-state index < -0.39 is 5.60 Å². The van der Waals surface area contributed by atoms with E-state index in [2.05, 4.69) is 20.5 Å². The predicted octanol–water partition coefficient (Wildman–Crippen LogP) is 1.12. The van der Waals surface area contributed by atoms with Crippen molar-refractivity contribution in [2.45, 2.75) is 26.4 Å². The molecule has 1 amide bonds. The second-order valence-corrected chi connectivity index (χ2v) is 4.89. The highest BCUT2D eigenvalue weighted by molar-refractivity contribution is 5.93. The smallest absolute Gasteiger partial charge is 0.268 e. The molecule has 1 N–H and O–H groups in total. The first-order valence-electron chi connectivity index (χ1n) is 5.75. The fourth-order valence-electron chi connectivity index (χ4n) is 1.24. The van der Waals surface area contributed by atoms with Gasteiger partial charge in [-0.15, -0.1) is 0 Å². The Morgan fingerprint density at radius 2 is 2.16 bits per heavy atom. The zero-order valence-corrected chi connectivity index (χ0v) is 11.0. The standard InChI is InChI=1S/C12H15N5O2/c1-12(2,3)19-16-11(18)9-4-5-10(14-6-9)17-8-13-7-15-17/h4-8H,1-3H3,(H,16,18). The van der Waals surface area contributed by atoms with Gasteiger partial charge in [-0.3, -0.25) is 9.63 Å². The van der Waals surface area contributed by atoms with Crippen LogP contribution in [0.4, 0.5) is 0 Å². The molecule has 0 radical (unpaired) electrons. The average Bonchev–Trinajstić information content (AvgIpc) is 2.89. The van der Waals surface area contributed by atoms with E-state index >= 15 is 0 Å². The number of aromatic nitrogens is 4. The molecule has 0 fully saturated rings. The van der Waals surface area contributed by atoms with Crippen LogP contribution in [0.3, 0.4) is 0 Å². The second-order valence-electron chi connectivity index (χ2n) is 4.89. The lowest BCUT2D eigenvalue weighted by atomic mass is 10.2. The van der Waals surface area contributed by atoms with E-state index in [0.29, 0.717) is 11.4 Å². The molecule has 2 aromatic rings. The van der Waals surface area contributed by atoms with E-state index in [1.807, 2.05) is 20.8 Å². The topological polar surface area (TPSA) is 81.9 Å². The van der Waals surface area contributed by atoms with E-state index in [1.165, 1.54) is 23.5 Å². The molecule has 0 bridgehead atoms. The first-order chi connectivity index (χ1) is 8.96. The highest BCUT2D eigenvalue weighted by Crippen LogP contribution is 2.07. The second kappa shape index (κ2) is 5.15. The molecule has 0 aliphatic heterocycles. The van der Waals surface area contributed by atoms with Crippen molar-refractivity contribution in [1.82, 2.24) is 25.2 Å².